The molecule has 1 fully saturated rings. The van der Waals surface area contributed by atoms with Crippen LogP contribution in [-0.2, 0) is 4.74 Å². The van der Waals surface area contributed by atoms with E-state index >= 15 is 0 Å². The maximum atomic E-state index is 12.4. The maximum Gasteiger partial charge on any atom is 0.270 e. The fourth-order valence-electron chi connectivity index (χ4n) is 2.37. The van der Waals surface area contributed by atoms with Crippen molar-refractivity contribution in [1.82, 2.24) is 9.88 Å². The van der Waals surface area contributed by atoms with Gasteiger partial charge in [-0.3, -0.25) is 4.79 Å². The minimum absolute atomic E-state index is 0.0436. The van der Waals surface area contributed by atoms with E-state index in [-0.39, 0.29) is 18.6 Å². The van der Waals surface area contributed by atoms with E-state index in [0.717, 1.165) is 10.9 Å². The van der Waals surface area contributed by atoms with Crippen molar-refractivity contribution in [2.75, 3.05) is 26.3 Å². The average molecular weight is 260 g/mol. The molecule has 1 aliphatic heterocycles. The van der Waals surface area contributed by atoms with Gasteiger partial charge in [-0.05, 0) is 12.1 Å². The van der Waals surface area contributed by atoms with Crippen LogP contribution in [0.3, 0.4) is 0 Å². The minimum Gasteiger partial charge on any atom is -0.394 e. The lowest BCUT2D eigenvalue weighted by molar-refractivity contribution is -0.0448. The molecule has 3 rings (SSSR count). The van der Waals surface area contributed by atoms with Crippen molar-refractivity contribution < 1.29 is 14.6 Å². The number of aliphatic hydroxyl groups is 1. The summed E-state index contributed by atoms with van der Waals surface area (Å²) in [6.07, 6.45) is -0.276. The van der Waals surface area contributed by atoms with Gasteiger partial charge in [0.05, 0.1) is 19.3 Å². The van der Waals surface area contributed by atoms with Gasteiger partial charge in [0.15, 0.2) is 0 Å². The average Bonchev–Trinajstić information content (AvgIpc) is 2.90. The van der Waals surface area contributed by atoms with Crippen LogP contribution in [-0.4, -0.2) is 53.3 Å². The molecule has 19 heavy (non-hydrogen) atoms. The Kier molecular flexibility index (Phi) is 3.23. The SMILES string of the molecule is O=C(c1cc2ccccc2[nH]1)N1CCOC(CO)C1. The Morgan fingerprint density at radius 2 is 2.32 bits per heavy atom. The summed E-state index contributed by atoms with van der Waals surface area (Å²) in [7, 11) is 0. The highest BCUT2D eigenvalue weighted by Crippen LogP contribution is 2.17. The zero-order chi connectivity index (χ0) is 13.2. The molecule has 0 radical (unpaired) electrons. The number of morpholine rings is 1. The quantitative estimate of drug-likeness (QED) is 0.846. The highest BCUT2D eigenvalue weighted by molar-refractivity contribution is 5.98. The molecule has 2 N–H and O–H groups in total. The van der Waals surface area contributed by atoms with Crippen molar-refractivity contribution in [3.63, 3.8) is 0 Å². The number of aromatic nitrogens is 1. The summed E-state index contributed by atoms with van der Waals surface area (Å²) in [6.45, 7) is 1.41. The van der Waals surface area contributed by atoms with Gasteiger partial charge < -0.3 is 19.7 Å². The number of aromatic amines is 1. The number of hydrogen-bond acceptors (Lipinski definition) is 3. The van der Waals surface area contributed by atoms with Gasteiger partial charge in [0.25, 0.3) is 5.91 Å². The predicted molar refractivity (Wildman–Crippen MR) is 71.0 cm³/mol. The van der Waals surface area contributed by atoms with Crippen LogP contribution in [0.25, 0.3) is 10.9 Å². The number of amides is 1. The second kappa shape index (κ2) is 5.03. The van der Waals surface area contributed by atoms with Gasteiger partial charge in [0, 0.05) is 24.0 Å². The number of nitrogens with zero attached hydrogens (tertiary/aromatic N) is 1. The van der Waals surface area contributed by atoms with Gasteiger partial charge in [0.2, 0.25) is 0 Å². The van der Waals surface area contributed by atoms with Crippen LogP contribution in [0.15, 0.2) is 30.3 Å². The van der Waals surface area contributed by atoms with Crippen LogP contribution in [0.5, 0.6) is 0 Å². The van der Waals surface area contributed by atoms with E-state index in [9.17, 15) is 4.79 Å². The highest BCUT2D eigenvalue weighted by atomic mass is 16.5. The number of carbonyl (C=O) groups excluding carboxylic acids is 1. The molecule has 2 aromatic rings. The monoisotopic (exact) mass is 260 g/mol. The summed E-state index contributed by atoms with van der Waals surface area (Å²) >= 11 is 0. The summed E-state index contributed by atoms with van der Waals surface area (Å²) in [6, 6.07) is 9.66. The number of H-pyrrole nitrogens is 1. The number of ether oxygens (including phenoxy) is 1. The molecular weight excluding hydrogens is 244 g/mol. The number of hydrogen-bond donors (Lipinski definition) is 2. The topological polar surface area (TPSA) is 65.6 Å². The number of fused-ring (bicyclic) bond motifs is 1. The minimum atomic E-state index is -0.276. The van der Waals surface area contributed by atoms with Crippen LogP contribution in [0.2, 0.25) is 0 Å². The van der Waals surface area contributed by atoms with Gasteiger partial charge in [-0.1, -0.05) is 18.2 Å². The number of para-hydroxylation sites is 1. The van der Waals surface area contributed by atoms with Gasteiger partial charge >= 0.3 is 0 Å². The number of nitrogens with one attached hydrogen (secondary N) is 1. The van der Waals surface area contributed by atoms with Crippen LogP contribution in [0.4, 0.5) is 0 Å². The molecule has 1 aliphatic rings. The van der Waals surface area contributed by atoms with E-state index in [0.29, 0.717) is 25.4 Å². The summed E-state index contributed by atoms with van der Waals surface area (Å²) in [4.78, 5) is 17.2. The fraction of sp³-hybridized carbons (Fsp3) is 0.357. The molecule has 2 heterocycles. The van der Waals surface area contributed by atoms with E-state index in [1.54, 1.807) is 4.90 Å². The van der Waals surface area contributed by atoms with Crippen molar-refractivity contribution in [3.05, 3.63) is 36.0 Å². The molecule has 1 unspecified atom stereocenters. The van der Waals surface area contributed by atoms with Crippen molar-refractivity contribution in [1.29, 1.82) is 0 Å². The summed E-state index contributed by atoms with van der Waals surface area (Å²) < 4.78 is 5.35. The van der Waals surface area contributed by atoms with Gasteiger partial charge in [-0.15, -0.1) is 0 Å². The summed E-state index contributed by atoms with van der Waals surface area (Å²) in [5, 5.41) is 10.1. The number of rotatable bonds is 2. The Morgan fingerprint density at radius 3 is 3.11 bits per heavy atom. The lowest BCUT2D eigenvalue weighted by Crippen LogP contribution is -2.47. The van der Waals surface area contributed by atoms with E-state index in [1.165, 1.54) is 0 Å². The molecule has 0 aliphatic carbocycles. The van der Waals surface area contributed by atoms with Gasteiger partial charge in [0.1, 0.15) is 5.69 Å². The number of aliphatic hydroxyl groups excluding tert-OH is 1. The Morgan fingerprint density at radius 1 is 1.47 bits per heavy atom. The first-order chi connectivity index (χ1) is 9.28. The van der Waals surface area contributed by atoms with Gasteiger partial charge in [-0.25, -0.2) is 0 Å². The Balaban J connectivity index is 1.82. The molecule has 1 atom stereocenters. The smallest absolute Gasteiger partial charge is 0.270 e. The van der Waals surface area contributed by atoms with Crippen LogP contribution in [0.1, 0.15) is 10.5 Å². The van der Waals surface area contributed by atoms with E-state index in [2.05, 4.69) is 4.98 Å². The summed E-state index contributed by atoms with van der Waals surface area (Å²) in [5.74, 6) is -0.0436. The second-order valence-corrected chi connectivity index (χ2v) is 4.70. The lowest BCUT2D eigenvalue weighted by Gasteiger charge is -2.31. The standard InChI is InChI=1S/C14H16N2O3/c17-9-11-8-16(5-6-19-11)14(18)13-7-10-3-1-2-4-12(10)15-13/h1-4,7,11,15,17H,5-6,8-9H2. The lowest BCUT2D eigenvalue weighted by atomic mass is 10.2. The third-order valence-electron chi connectivity index (χ3n) is 3.39. The fourth-order valence-corrected chi connectivity index (χ4v) is 2.37. The van der Waals surface area contributed by atoms with Crippen LogP contribution >= 0.6 is 0 Å². The van der Waals surface area contributed by atoms with E-state index in [4.69, 9.17) is 9.84 Å². The molecule has 100 valence electrons. The number of carbonyl (C=O) groups is 1. The Hall–Kier alpha value is -1.85. The maximum absolute atomic E-state index is 12.4. The molecule has 0 bridgehead atoms. The zero-order valence-electron chi connectivity index (χ0n) is 10.5. The molecule has 1 aromatic carbocycles. The molecule has 1 saturated heterocycles. The molecule has 5 heteroatoms. The zero-order valence-corrected chi connectivity index (χ0v) is 10.5. The molecule has 1 aromatic heterocycles. The third-order valence-corrected chi connectivity index (χ3v) is 3.39. The predicted octanol–water partition coefficient (Wildman–Crippen LogP) is 1.00. The Labute approximate surface area is 110 Å². The third kappa shape index (κ3) is 2.34. The first-order valence-electron chi connectivity index (χ1n) is 6.37. The van der Waals surface area contributed by atoms with Crippen molar-refractivity contribution >= 4 is 16.8 Å². The molecule has 0 spiro atoms. The number of benzene rings is 1. The van der Waals surface area contributed by atoms with Crippen molar-refractivity contribution in [3.8, 4) is 0 Å². The molecule has 0 saturated carbocycles. The van der Waals surface area contributed by atoms with Crippen molar-refractivity contribution in [2.24, 2.45) is 0 Å². The normalized spacial score (nSPS) is 19.8. The largest absolute Gasteiger partial charge is 0.394 e. The van der Waals surface area contributed by atoms with Gasteiger partial charge in [-0.2, -0.15) is 0 Å². The molecule has 5 nitrogen and oxygen atoms in total. The van der Waals surface area contributed by atoms with E-state index in [1.807, 2.05) is 30.3 Å². The first kappa shape index (κ1) is 12.2. The van der Waals surface area contributed by atoms with Crippen molar-refractivity contribution in [2.45, 2.75) is 6.10 Å². The highest BCUT2D eigenvalue weighted by Gasteiger charge is 2.25. The Bertz CT molecular complexity index is 560. The molecular formula is C14H16N2O3. The molecule has 1 amide bonds. The first-order valence-corrected chi connectivity index (χ1v) is 6.37. The van der Waals surface area contributed by atoms with Crippen LogP contribution < -0.4 is 0 Å². The van der Waals surface area contributed by atoms with Crippen LogP contribution in [0, 0.1) is 0 Å². The second-order valence-electron chi connectivity index (χ2n) is 4.70. The summed E-state index contributed by atoms with van der Waals surface area (Å²) in [5.41, 5.74) is 1.54. The van der Waals surface area contributed by atoms with E-state index < -0.39 is 0 Å².